The molecular weight excluding hydrogens is 719 g/mol. The summed E-state index contributed by atoms with van der Waals surface area (Å²) in [4.78, 5) is 2.93. The van der Waals surface area contributed by atoms with Crippen LogP contribution in [0, 0.1) is 11.8 Å². The Labute approximate surface area is 337 Å². The lowest BCUT2D eigenvalue weighted by atomic mass is 9.52. The highest BCUT2D eigenvalue weighted by molar-refractivity contribution is 6.62. The molecule has 276 valence electrons. The van der Waals surface area contributed by atoms with Crippen LogP contribution >= 0.6 is 0 Å². The van der Waals surface area contributed by atoms with E-state index in [9.17, 15) is 0 Å². The maximum Gasteiger partial charge on any atom is 0.0700 e. The Morgan fingerprint density at radius 2 is 1.27 bits per heavy atom. The maximum absolute atomic E-state index is 6.37. The minimum absolute atomic E-state index is 0.0293. The monoisotopic (exact) mass is 753 g/mol. The molecule has 59 heavy (non-hydrogen) atoms. The number of likely N-dealkylation sites (tertiary alicyclic amines) is 1. The van der Waals surface area contributed by atoms with Crippen molar-refractivity contribution in [1.82, 2.24) is 4.90 Å². The van der Waals surface area contributed by atoms with Crippen LogP contribution in [0.5, 0.6) is 0 Å². The third-order valence-electron chi connectivity index (χ3n) is 18.5. The zero-order valence-corrected chi connectivity index (χ0v) is 32.7. The van der Waals surface area contributed by atoms with Crippen molar-refractivity contribution in [3.8, 4) is 0 Å². The van der Waals surface area contributed by atoms with Crippen LogP contribution < -0.4 is 5.22 Å². The summed E-state index contributed by atoms with van der Waals surface area (Å²) in [6.07, 6.45) is 3.48. The van der Waals surface area contributed by atoms with Gasteiger partial charge in [0, 0.05) is 37.6 Å². The lowest BCUT2D eigenvalue weighted by Gasteiger charge is -2.50. The Hall–Kier alpha value is -5.58. The van der Waals surface area contributed by atoms with Gasteiger partial charge in [-0.05, 0) is 206 Å². The van der Waals surface area contributed by atoms with E-state index in [1.54, 1.807) is 132 Å². The zero-order chi connectivity index (χ0) is 37.3. The first-order chi connectivity index (χ1) is 29.2. The first kappa shape index (κ1) is 28.8. The van der Waals surface area contributed by atoms with Gasteiger partial charge in [-0.25, -0.2) is 0 Å². The highest BCUT2D eigenvalue weighted by Crippen LogP contribution is 2.75. The molecule has 6 aliphatic rings. The molecule has 0 aromatic heterocycles. The van der Waals surface area contributed by atoms with Gasteiger partial charge in [0.05, 0.1) is 19.8 Å². The predicted octanol–water partition coefficient (Wildman–Crippen LogP) is 11.5. The van der Waals surface area contributed by atoms with E-state index in [-0.39, 0.29) is 11.5 Å². The first-order valence-electron chi connectivity index (χ1n) is 22.3. The van der Waals surface area contributed by atoms with Gasteiger partial charge >= 0.3 is 0 Å². The van der Waals surface area contributed by atoms with Crippen LogP contribution in [0.2, 0.25) is 0 Å². The molecule has 1 spiro atoms. The quantitative estimate of drug-likeness (QED) is 0.119. The van der Waals surface area contributed by atoms with Crippen LogP contribution in [0.1, 0.15) is 51.8 Å². The van der Waals surface area contributed by atoms with E-state index in [1.165, 1.54) is 44.3 Å². The number of nitrogens with zero attached hydrogens (tertiary/aromatic N) is 1. The van der Waals surface area contributed by atoms with Gasteiger partial charge in [-0.1, -0.05) is 60.2 Å². The van der Waals surface area contributed by atoms with Crippen LogP contribution in [0.3, 0.4) is 0 Å². The fourth-order valence-electron chi connectivity index (χ4n) is 17.3. The van der Waals surface area contributed by atoms with Gasteiger partial charge in [-0.3, -0.25) is 4.90 Å². The highest BCUT2D eigenvalue weighted by Gasteiger charge is 2.67. The number of hydrogen-bond acceptors (Lipinski definition) is 3. The zero-order valence-electron chi connectivity index (χ0n) is 32.7. The summed E-state index contributed by atoms with van der Waals surface area (Å²) in [5.41, 5.74) is 11.8. The Morgan fingerprint density at radius 3 is 2.08 bits per heavy atom. The summed E-state index contributed by atoms with van der Waals surface area (Å²) in [5.74, 6) is 1.60. The van der Waals surface area contributed by atoms with Crippen LogP contribution in [0.15, 0.2) is 72.8 Å². The second kappa shape index (κ2) is 8.54. The number of benzene rings is 10. The molecule has 13 aromatic rings. The fourth-order valence-corrected chi connectivity index (χ4v) is 17.3. The van der Waals surface area contributed by atoms with E-state index in [4.69, 9.17) is 9.47 Å². The molecule has 1 saturated heterocycles. The van der Waals surface area contributed by atoms with Gasteiger partial charge in [-0.2, -0.15) is 0 Å². The number of hydrogen-bond donors (Lipinski definition) is 0. The molecule has 13 aromatic carbocycles. The minimum Gasteiger partial charge on any atom is -0.382 e. The van der Waals surface area contributed by atoms with Crippen molar-refractivity contribution in [2.45, 2.75) is 36.6 Å². The number of methoxy groups -OCH3 is 1. The van der Waals surface area contributed by atoms with E-state index < -0.39 is 0 Å². The third-order valence-corrected chi connectivity index (χ3v) is 18.5. The second-order valence-corrected chi connectivity index (χ2v) is 20.2. The smallest absolute Gasteiger partial charge is 0.0700 e. The van der Waals surface area contributed by atoms with Crippen molar-refractivity contribution >= 4 is 124 Å². The highest BCUT2D eigenvalue weighted by atomic mass is 16.5. The van der Waals surface area contributed by atoms with E-state index in [0.717, 1.165) is 32.5 Å². The molecule has 0 N–H and O–H groups in total. The average molecular weight is 754 g/mol. The molecule has 3 nitrogen and oxygen atoms in total. The summed E-state index contributed by atoms with van der Waals surface area (Å²) in [5, 5.41) is 36.3. The van der Waals surface area contributed by atoms with Crippen molar-refractivity contribution in [3.05, 3.63) is 111 Å². The third kappa shape index (κ3) is 2.53. The molecule has 3 heteroatoms. The Kier molecular flexibility index (Phi) is 4.16. The van der Waals surface area contributed by atoms with E-state index in [2.05, 4.69) is 77.7 Å². The average Bonchev–Trinajstić information content (AvgIpc) is 4.11. The summed E-state index contributed by atoms with van der Waals surface area (Å²) in [6.45, 7) is 4.07. The van der Waals surface area contributed by atoms with Gasteiger partial charge in [0.25, 0.3) is 0 Å². The van der Waals surface area contributed by atoms with Gasteiger partial charge in [0.1, 0.15) is 0 Å². The Bertz CT molecular complexity index is 4190. The molecule has 19 rings (SSSR count). The van der Waals surface area contributed by atoms with Crippen molar-refractivity contribution in [3.63, 3.8) is 0 Å². The minimum atomic E-state index is -0.0293. The molecule has 5 unspecified atom stereocenters. The van der Waals surface area contributed by atoms with Crippen LogP contribution in [0.4, 0.5) is 0 Å². The van der Waals surface area contributed by atoms with E-state index in [1.807, 2.05) is 0 Å². The summed E-state index contributed by atoms with van der Waals surface area (Å²) < 4.78 is 11.8. The Morgan fingerprint density at radius 1 is 0.610 bits per heavy atom. The van der Waals surface area contributed by atoms with E-state index in [0.29, 0.717) is 31.0 Å². The summed E-state index contributed by atoms with van der Waals surface area (Å²) >= 11 is 0. The van der Waals surface area contributed by atoms with Crippen molar-refractivity contribution < 1.29 is 9.47 Å². The molecule has 1 fully saturated rings. The van der Waals surface area contributed by atoms with Crippen molar-refractivity contribution in [2.75, 3.05) is 40.0 Å². The van der Waals surface area contributed by atoms with Gasteiger partial charge in [0.15, 0.2) is 0 Å². The lowest BCUT2D eigenvalue weighted by Crippen LogP contribution is -2.48. The largest absolute Gasteiger partial charge is 0.382 e. The number of fused-ring (bicyclic) bond motifs is 2. The summed E-state index contributed by atoms with van der Waals surface area (Å²) in [6, 6.07) is 29.9. The first-order valence-corrected chi connectivity index (χ1v) is 22.3. The van der Waals surface area contributed by atoms with Gasteiger partial charge < -0.3 is 9.47 Å². The van der Waals surface area contributed by atoms with Crippen LogP contribution in [0.25, 0.3) is 124 Å². The van der Waals surface area contributed by atoms with Crippen molar-refractivity contribution in [1.29, 1.82) is 0 Å². The normalized spacial score (nSPS) is 25.5. The second-order valence-electron chi connectivity index (χ2n) is 20.2. The molecule has 5 atom stereocenters. The fraction of sp³-hybridized carbons (Fsp3) is 0.250. The molecule has 1 heterocycles. The number of rotatable bonds is 7. The molecule has 0 bridgehead atoms. The SMILES string of the molecule is COCCOCCN1CC2C3CC4=c5c6c7c8c(c9c%10c(cc%11cc%12cc%13cc%14cc(c5c5c%14c%14c%13c%12c%12c%11c%10c8c%12c%14c75)C4)CC92C1c1cccc2ccccc12)C63. The number of ether oxygens (including phenoxy) is 2. The van der Waals surface area contributed by atoms with E-state index >= 15 is 0 Å². The molecule has 1 aliphatic heterocycles. The lowest BCUT2D eigenvalue weighted by molar-refractivity contribution is 0.0525. The van der Waals surface area contributed by atoms with Crippen LogP contribution in [-0.2, 0) is 27.7 Å². The van der Waals surface area contributed by atoms with Crippen LogP contribution in [-0.4, -0.2) is 44.9 Å². The summed E-state index contributed by atoms with van der Waals surface area (Å²) in [7, 11) is 1.78. The van der Waals surface area contributed by atoms with Gasteiger partial charge in [0.2, 0.25) is 0 Å². The molecule has 5 aliphatic carbocycles. The Balaban J connectivity index is 1.05. The topological polar surface area (TPSA) is 21.7 Å². The standard InChI is InChI=1S/C56H35NO2/c1-58-11-12-59-10-9-57-21-33-32-19-28-17-25-15-26-14-23-13-24-16-27-18-29-20-56(33,55(57)31-8-4-6-22-5-2-3-7-30(22)31)54-40(29)45-39(27)44-35(24)34(23)42-38(26)43-36(25)37(28)46-41(32)53(54)52-50(45)48(44)47(42)49(43)51(46)52/h2-8,13-16,18,32-33,41,55H,9-12,17,19-21H2,1H3. The maximum atomic E-state index is 6.37. The van der Waals surface area contributed by atoms with Gasteiger partial charge in [-0.15, -0.1) is 0 Å². The molecular formula is C56H35NO2. The predicted molar refractivity (Wildman–Crippen MR) is 242 cm³/mol. The molecule has 0 amide bonds. The molecule has 0 saturated carbocycles. The van der Waals surface area contributed by atoms with Crippen molar-refractivity contribution in [2.24, 2.45) is 11.8 Å². The molecule has 0 radical (unpaired) electrons.